The summed E-state index contributed by atoms with van der Waals surface area (Å²) >= 11 is 0. The van der Waals surface area contributed by atoms with Crippen molar-refractivity contribution in [2.24, 2.45) is 0 Å². The summed E-state index contributed by atoms with van der Waals surface area (Å²) in [6, 6.07) is 163. The van der Waals surface area contributed by atoms with Crippen LogP contribution in [0.2, 0.25) is 0 Å². The molecule has 0 unspecified atom stereocenters. The van der Waals surface area contributed by atoms with Crippen LogP contribution in [0.25, 0.3) is 249 Å². The lowest BCUT2D eigenvalue weighted by atomic mass is 9.73. The van der Waals surface area contributed by atoms with Crippen molar-refractivity contribution in [1.29, 1.82) is 0 Å². The van der Waals surface area contributed by atoms with Gasteiger partial charge in [-0.2, -0.15) is 9.97 Å². The molecule has 0 fully saturated rings. The van der Waals surface area contributed by atoms with Crippen molar-refractivity contribution in [1.82, 2.24) is 33.6 Å². The van der Waals surface area contributed by atoms with E-state index in [2.05, 4.69) is 420 Å². The first-order chi connectivity index (χ1) is 62.1. The lowest BCUT2D eigenvalue weighted by Crippen LogP contribution is -2.06. The van der Waals surface area contributed by atoms with E-state index < -0.39 is 0 Å². The van der Waals surface area contributed by atoms with E-state index in [1.807, 2.05) is 36.4 Å². The van der Waals surface area contributed by atoms with Gasteiger partial charge in [0.25, 0.3) is 0 Å². The SMILES string of the molecule is c1ccc(-c2nc(-c3ccccc3)nc(-n3c4ccccc4c4cc5c6ccccc6n(-c6cccc(-c7c(-c8ccccc8)c(-c8cccc(-c9nc%10ccccc%10n9-c9ccccc9)c8)c8c9cccc%10c%11c(-c%12ccccc%12)c(-c%12ccccc%12)c(-c%12ccccc%12)c(-c%12ccccc%12)c%11c%11cccc(c8c7-c7ccccc7)c%11c%109)c6)c5cc43)n2)cc1. The zero-order chi connectivity index (χ0) is 82.2. The molecule has 7 heteroatoms. The molecule has 0 radical (unpaired) electrons. The Morgan fingerprint density at radius 3 is 0.904 bits per heavy atom. The number of para-hydroxylation sites is 5. The van der Waals surface area contributed by atoms with Gasteiger partial charge in [-0.3, -0.25) is 9.13 Å². The minimum Gasteiger partial charge on any atom is -0.309 e. The molecule has 0 saturated carbocycles. The van der Waals surface area contributed by atoms with Crippen LogP contribution in [0.3, 0.4) is 0 Å². The Hall–Kier alpha value is -16.7. The molecule has 0 spiro atoms. The molecule has 7 nitrogen and oxygen atoms in total. The monoisotopic (exact) mass is 1590 g/mol. The first-order valence-corrected chi connectivity index (χ1v) is 42.8. The number of imidazole rings is 1. The second-order valence-electron chi connectivity index (χ2n) is 32.5. The Morgan fingerprint density at radius 1 is 0.152 bits per heavy atom. The van der Waals surface area contributed by atoms with Gasteiger partial charge in [-0.1, -0.05) is 376 Å². The average molecular weight is 1590 g/mol. The van der Waals surface area contributed by atoms with E-state index in [0.29, 0.717) is 17.6 Å². The summed E-state index contributed by atoms with van der Waals surface area (Å²) in [5.74, 6) is 2.57. The minimum atomic E-state index is 0.531. The van der Waals surface area contributed by atoms with Crippen LogP contribution in [0.4, 0.5) is 0 Å². The number of hydrogen-bond acceptors (Lipinski definition) is 4. The first kappa shape index (κ1) is 71.2. The fraction of sp³-hybridized carbons (Fsp3) is 0. The molecule has 25 rings (SSSR count). The highest BCUT2D eigenvalue weighted by molar-refractivity contribution is 6.47. The number of fused-ring (bicyclic) bond motifs is 13. The summed E-state index contributed by atoms with van der Waals surface area (Å²) in [6.07, 6.45) is 0. The van der Waals surface area contributed by atoms with Crippen LogP contribution in [0.15, 0.2) is 443 Å². The second kappa shape index (κ2) is 29.0. The summed E-state index contributed by atoms with van der Waals surface area (Å²) in [5.41, 5.74) is 28.9. The third kappa shape index (κ3) is 11.3. The van der Waals surface area contributed by atoms with Crippen molar-refractivity contribution in [3.8, 4) is 141 Å². The Bertz CT molecular complexity index is 8530. The van der Waals surface area contributed by atoms with E-state index >= 15 is 0 Å². The highest BCUT2D eigenvalue weighted by Gasteiger charge is 2.34. The Balaban J connectivity index is 0.848. The summed E-state index contributed by atoms with van der Waals surface area (Å²) in [6.45, 7) is 0. The molecule has 0 amide bonds. The quantitative estimate of drug-likeness (QED) is 0.0804. The molecular formula is C118H73N7. The predicted molar refractivity (Wildman–Crippen MR) is 522 cm³/mol. The van der Waals surface area contributed by atoms with Gasteiger partial charge in [0.1, 0.15) is 5.82 Å². The van der Waals surface area contributed by atoms with E-state index in [1.165, 1.54) is 54.6 Å². The van der Waals surface area contributed by atoms with Crippen LogP contribution in [-0.4, -0.2) is 33.6 Å². The Morgan fingerprint density at radius 2 is 0.456 bits per heavy atom. The predicted octanol–water partition coefficient (Wildman–Crippen LogP) is 30.9. The standard InChI is InChI=1S/C118H73N7/c1-10-38-74(39-11-1)101-102(75-40-12-2-13-41-75)105(78-46-18-5-19-47-78)112-90-63-37-65-92-110(90)109-89(111(112)104(101)77-44-16-4-17-45-77)62-36-64-91(109)113-106(79-48-20-6-21-49-79)107(103(76-42-14-3-15-43-76)108(114(92)113)82-54-34-56-84(70-82)117-119-95-66-30-33-69-98(95)124(117)85-57-26-9-27-58-85)83-55-35-59-86(71-83)123-96-67-31-28-60-87(96)93-72-94-88-61-29-32-68-97(88)125(100(94)73-99(93)123)118-121-115(80-50-22-7-23-51-80)120-116(122-118)81-52-24-8-25-53-81/h1-73H. The van der Waals surface area contributed by atoms with E-state index in [4.69, 9.17) is 19.9 Å². The number of aromatic nitrogens is 7. The van der Waals surface area contributed by atoms with Crippen LogP contribution in [0.5, 0.6) is 0 Å². The van der Waals surface area contributed by atoms with E-state index in [-0.39, 0.29) is 0 Å². The fourth-order valence-electron chi connectivity index (χ4n) is 20.5. The lowest BCUT2D eigenvalue weighted by molar-refractivity contribution is 0.953. The lowest BCUT2D eigenvalue weighted by Gasteiger charge is -2.29. The van der Waals surface area contributed by atoms with E-state index in [1.54, 1.807) is 0 Å². The van der Waals surface area contributed by atoms with Crippen LogP contribution in [0, 0.1) is 0 Å². The van der Waals surface area contributed by atoms with Crippen molar-refractivity contribution in [3.63, 3.8) is 0 Å². The van der Waals surface area contributed by atoms with Gasteiger partial charge in [-0.05, 0) is 210 Å². The molecule has 0 aliphatic rings. The highest BCUT2D eigenvalue weighted by Crippen LogP contribution is 2.61. The van der Waals surface area contributed by atoms with Gasteiger partial charge in [0.05, 0.1) is 33.1 Å². The summed E-state index contributed by atoms with van der Waals surface area (Å²) in [7, 11) is 0. The van der Waals surface area contributed by atoms with Gasteiger partial charge in [0.2, 0.25) is 5.95 Å². The van der Waals surface area contributed by atoms with Crippen molar-refractivity contribution >= 4 is 109 Å². The van der Waals surface area contributed by atoms with Crippen molar-refractivity contribution < 1.29 is 0 Å². The van der Waals surface area contributed by atoms with Crippen LogP contribution in [0.1, 0.15) is 0 Å². The molecule has 4 heterocycles. The minimum absolute atomic E-state index is 0.531. The van der Waals surface area contributed by atoms with E-state index in [9.17, 15) is 0 Å². The zero-order valence-electron chi connectivity index (χ0n) is 67.8. The molecule has 0 aliphatic carbocycles. The smallest absolute Gasteiger partial charge is 0.238 e. The van der Waals surface area contributed by atoms with Crippen LogP contribution < -0.4 is 0 Å². The van der Waals surface area contributed by atoms with Crippen LogP contribution >= 0.6 is 0 Å². The maximum atomic E-state index is 5.62. The van der Waals surface area contributed by atoms with Crippen LogP contribution in [-0.2, 0) is 0 Å². The first-order valence-electron chi connectivity index (χ1n) is 42.8. The van der Waals surface area contributed by atoms with Gasteiger partial charge in [0, 0.05) is 49.6 Å². The molecule has 0 saturated heterocycles. The number of benzene rings is 21. The maximum Gasteiger partial charge on any atom is 0.238 e. The number of rotatable bonds is 14. The zero-order valence-corrected chi connectivity index (χ0v) is 67.8. The van der Waals surface area contributed by atoms with Crippen molar-refractivity contribution in [2.75, 3.05) is 0 Å². The third-order valence-corrected chi connectivity index (χ3v) is 25.6. The van der Waals surface area contributed by atoms with Gasteiger partial charge in [0.15, 0.2) is 11.6 Å². The molecule has 0 N–H and O–H groups in total. The van der Waals surface area contributed by atoms with Gasteiger partial charge in [-0.15, -0.1) is 0 Å². The molecular weight excluding hydrogens is 1520 g/mol. The molecule has 0 aliphatic heterocycles. The molecule has 125 heavy (non-hydrogen) atoms. The second-order valence-corrected chi connectivity index (χ2v) is 32.5. The molecule has 4 aromatic heterocycles. The fourth-order valence-corrected chi connectivity index (χ4v) is 20.5. The third-order valence-electron chi connectivity index (χ3n) is 25.6. The van der Waals surface area contributed by atoms with E-state index in [0.717, 1.165) is 177 Å². The van der Waals surface area contributed by atoms with Gasteiger partial charge >= 0.3 is 0 Å². The molecule has 580 valence electrons. The topological polar surface area (TPSA) is 66.3 Å². The summed E-state index contributed by atoms with van der Waals surface area (Å²) in [5, 5.41) is 16.3. The largest absolute Gasteiger partial charge is 0.309 e. The Labute approximate surface area is 720 Å². The van der Waals surface area contributed by atoms with Gasteiger partial charge in [-0.25, -0.2) is 9.97 Å². The maximum absolute atomic E-state index is 5.62. The highest BCUT2D eigenvalue weighted by atomic mass is 15.2. The summed E-state index contributed by atoms with van der Waals surface area (Å²) in [4.78, 5) is 21.7. The normalized spacial score (nSPS) is 11.8. The molecule has 21 aromatic carbocycles. The average Bonchev–Trinajstić information content (AvgIpc) is 1.34. The summed E-state index contributed by atoms with van der Waals surface area (Å²) < 4.78 is 7.07. The molecule has 25 aromatic rings. The van der Waals surface area contributed by atoms with Crippen molar-refractivity contribution in [2.45, 2.75) is 0 Å². The van der Waals surface area contributed by atoms with Gasteiger partial charge < -0.3 is 4.57 Å². The molecule has 0 bridgehead atoms. The Kier molecular flexibility index (Phi) is 16.5. The number of hydrogen-bond donors (Lipinski definition) is 0. The van der Waals surface area contributed by atoms with Crippen molar-refractivity contribution in [3.05, 3.63) is 443 Å². The molecule has 0 atom stereocenters. The number of nitrogens with zero attached hydrogens (tertiary/aromatic N) is 7.